The molecular formula is C22H31FN2O2. The maximum absolute atomic E-state index is 13.5. The second-order valence-corrected chi connectivity index (χ2v) is 6.88. The normalized spacial score (nSPS) is 10.9. The van der Waals surface area contributed by atoms with E-state index in [0.29, 0.717) is 32.7 Å². The summed E-state index contributed by atoms with van der Waals surface area (Å²) < 4.78 is 20.7. The van der Waals surface area contributed by atoms with Crippen LogP contribution in [0, 0.1) is 5.82 Å². The lowest BCUT2D eigenvalue weighted by atomic mass is 10.2. The van der Waals surface area contributed by atoms with Crippen molar-refractivity contribution in [2.45, 2.75) is 52.1 Å². The topological polar surface area (TPSA) is 34.5 Å². The molecular weight excluding hydrogens is 343 g/mol. The highest BCUT2D eigenvalue weighted by Gasteiger charge is 2.15. The number of methoxy groups -OCH3 is 1. The third-order valence-corrected chi connectivity index (χ3v) is 4.64. The Morgan fingerprint density at radius 2 is 2.04 bits per heavy atom. The molecule has 0 N–H and O–H groups in total. The molecule has 1 aromatic heterocycles. The highest BCUT2D eigenvalue weighted by Crippen LogP contribution is 2.14. The van der Waals surface area contributed by atoms with Crippen molar-refractivity contribution in [3.05, 3.63) is 59.7 Å². The molecule has 0 radical (unpaired) electrons. The Kier molecular flexibility index (Phi) is 9.05. The second kappa shape index (κ2) is 11.5. The molecule has 0 aliphatic heterocycles. The van der Waals surface area contributed by atoms with Gasteiger partial charge in [-0.3, -0.25) is 4.79 Å². The van der Waals surface area contributed by atoms with Gasteiger partial charge in [-0.05, 0) is 42.7 Å². The van der Waals surface area contributed by atoms with Gasteiger partial charge >= 0.3 is 0 Å². The summed E-state index contributed by atoms with van der Waals surface area (Å²) in [4.78, 5) is 14.6. The quantitative estimate of drug-likeness (QED) is 0.508. The van der Waals surface area contributed by atoms with Gasteiger partial charge in [0.05, 0.1) is 6.54 Å². The fraction of sp³-hybridized carbons (Fsp3) is 0.500. The lowest BCUT2D eigenvalue weighted by Crippen LogP contribution is -2.32. The van der Waals surface area contributed by atoms with Crippen LogP contribution in [0.5, 0.6) is 0 Å². The van der Waals surface area contributed by atoms with Crippen molar-refractivity contribution in [2.24, 2.45) is 0 Å². The Labute approximate surface area is 161 Å². The number of halogens is 1. The lowest BCUT2D eigenvalue weighted by molar-refractivity contribution is -0.132. The van der Waals surface area contributed by atoms with Gasteiger partial charge in [-0.25, -0.2) is 4.39 Å². The Balaban J connectivity index is 2.05. The van der Waals surface area contributed by atoms with Crippen LogP contribution in [0.4, 0.5) is 4.39 Å². The largest absolute Gasteiger partial charge is 0.385 e. The molecule has 0 spiro atoms. The fourth-order valence-corrected chi connectivity index (χ4v) is 3.15. The van der Waals surface area contributed by atoms with Crippen LogP contribution in [0.3, 0.4) is 0 Å². The van der Waals surface area contributed by atoms with Gasteiger partial charge in [0.25, 0.3) is 0 Å². The van der Waals surface area contributed by atoms with Gasteiger partial charge in [-0.15, -0.1) is 0 Å². The Morgan fingerprint density at radius 3 is 2.78 bits per heavy atom. The number of benzene rings is 1. The zero-order valence-corrected chi connectivity index (χ0v) is 16.5. The third kappa shape index (κ3) is 7.18. The zero-order valence-electron chi connectivity index (χ0n) is 16.5. The number of hydrogen-bond acceptors (Lipinski definition) is 2. The number of nitrogens with zero attached hydrogens (tertiary/aromatic N) is 2. The number of carbonyl (C=O) groups excluding carboxylic acids is 1. The molecule has 1 amide bonds. The molecule has 0 atom stereocenters. The fourth-order valence-electron chi connectivity index (χ4n) is 3.15. The summed E-state index contributed by atoms with van der Waals surface area (Å²) in [7, 11) is 1.68. The van der Waals surface area contributed by atoms with Crippen LogP contribution in [0.1, 0.15) is 50.3 Å². The maximum atomic E-state index is 13.5. The van der Waals surface area contributed by atoms with Crippen molar-refractivity contribution < 1.29 is 13.9 Å². The first-order valence-electron chi connectivity index (χ1n) is 9.79. The predicted octanol–water partition coefficient (Wildman–Crippen LogP) is 4.62. The zero-order chi connectivity index (χ0) is 19.5. The van der Waals surface area contributed by atoms with Crippen molar-refractivity contribution in [3.8, 4) is 0 Å². The van der Waals surface area contributed by atoms with Gasteiger partial charge in [0.2, 0.25) is 5.91 Å². The number of unbranched alkanes of at least 4 members (excludes halogenated alkanes) is 2. The molecule has 148 valence electrons. The van der Waals surface area contributed by atoms with E-state index in [4.69, 9.17) is 4.74 Å². The molecule has 4 nitrogen and oxygen atoms in total. The molecule has 0 aliphatic carbocycles. The van der Waals surface area contributed by atoms with E-state index >= 15 is 0 Å². The van der Waals surface area contributed by atoms with E-state index in [-0.39, 0.29) is 11.7 Å². The highest BCUT2D eigenvalue weighted by molar-refractivity contribution is 5.76. The van der Waals surface area contributed by atoms with Gasteiger partial charge < -0.3 is 14.2 Å². The number of carbonyl (C=O) groups is 1. The van der Waals surface area contributed by atoms with Crippen LogP contribution in [-0.4, -0.2) is 35.6 Å². The molecule has 2 aromatic rings. The maximum Gasteiger partial charge on any atom is 0.222 e. The standard InChI is InChI=1S/C22H31FN2O2/c1-3-4-5-12-22(26)25(14-8-15-27-2)18-21-11-7-13-24(21)17-19-9-6-10-20(23)16-19/h6-7,9-11,13,16H,3-5,8,12,14-15,17-18H2,1-2H3. The summed E-state index contributed by atoms with van der Waals surface area (Å²) in [6.07, 6.45) is 6.50. The molecule has 0 unspecified atom stereocenters. The summed E-state index contributed by atoms with van der Waals surface area (Å²) in [5.74, 6) is -0.0356. The summed E-state index contributed by atoms with van der Waals surface area (Å²) in [5.41, 5.74) is 1.97. The van der Waals surface area contributed by atoms with Crippen molar-refractivity contribution in [1.82, 2.24) is 9.47 Å². The Hall–Kier alpha value is -2.14. The molecule has 2 rings (SSSR count). The summed E-state index contributed by atoms with van der Waals surface area (Å²) in [6, 6.07) is 10.6. The second-order valence-electron chi connectivity index (χ2n) is 6.88. The number of rotatable bonds is 12. The molecule has 5 heteroatoms. The number of amides is 1. The predicted molar refractivity (Wildman–Crippen MR) is 106 cm³/mol. The summed E-state index contributed by atoms with van der Waals surface area (Å²) >= 11 is 0. The molecule has 1 heterocycles. The molecule has 0 saturated heterocycles. The molecule has 0 aliphatic rings. The number of ether oxygens (including phenoxy) is 1. The molecule has 1 aromatic carbocycles. The van der Waals surface area contributed by atoms with Crippen molar-refractivity contribution in [2.75, 3.05) is 20.3 Å². The van der Waals surface area contributed by atoms with E-state index in [0.717, 1.165) is 36.9 Å². The Bertz CT molecular complexity index is 699. The van der Waals surface area contributed by atoms with E-state index < -0.39 is 0 Å². The number of aromatic nitrogens is 1. The molecule has 27 heavy (non-hydrogen) atoms. The van der Waals surface area contributed by atoms with E-state index in [1.807, 2.05) is 29.3 Å². The molecule has 0 fully saturated rings. The van der Waals surface area contributed by atoms with Crippen LogP contribution in [-0.2, 0) is 22.6 Å². The SMILES string of the molecule is CCCCCC(=O)N(CCCOC)Cc1cccn1Cc1cccc(F)c1. The van der Waals surface area contributed by atoms with Crippen LogP contribution in [0.2, 0.25) is 0 Å². The average molecular weight is 375 g/mol. The van der Waals surface area contributed by atoms with Crippen LogP contribution in [0.15, 0.2) is 42.6 Å². The van der Waals surface area contributed by atoms with E-state index in [2.05, 4.69) is 11.5 Å². The van der Waals surface area contributed by atoms with Gasteiger partial charge in [0, 0.05) is 45.1 Å². The van der Waals surface area contributed by atoms with Gasteiger partial charge in [0.15, 0.2) is 0 Å². The van der Waals surface area contributed by atoms with Crippen LogP contribution >= 0.6 is 0 Å². The van der Waals surface area contributed by atoms with Crippen molar-refractivity contribution >= 4 is 5.91 Å². The third-order valence-electron chi connectivity index (χ3n) is 4.64. The van der Waals surface area contributed by atoms with Gasteiger partial charge in [-0.1, -0.05) is 31.9 Å². The first-order valence-corrected chi connectivity index (χ1v) is 9.79. The summed E-state index contributed by atoms with van der Waals surface area (Å²) in [5, 5.41) is 0. The monoisotopic (exact) mass is 374 g/mol. The first kappa shape index (κ1) is 21.2. The van der Waals surface area contributed by atoms with Crippen molar-refractivity contribution in [3.63, 3.8) is 0 Å². The van der Waals surface area contributed by atoms with E-state index in [1.54, 1.807) is 19.2 Å². The summed E-state index contributed by atoms with van der Waals surface area (Å²) in [6.45, 7) is 4.63. The molecule has 0 bridgehead atoms. The van der Waals surface area contributed by atoms with Crippen LogP contribution in [0.25, 0.3) is 0 Å². The highest BCUT2D eigenvalue weighted by atomic mass is 19.1. The number of hydrogen-bond donors (Lipinski definition) is 0. The minimum absolute atomic E-state index is 0.193. The smallest absolute Gasteiger partial charge is 0.222 e. The van der Waals surface area contributed by atoms with Crippen LogP contribution < -0.4 is 0 Å². The molecule has 0 saturated carbocycles. The van der Waals surface area contributed by atoms with E-state index in [9.17, 15) is 9.18 Å². The van der Waals surface area contributed by atoms with Gasteiger partial charge in [0.1, 0.15) is 5.82 Å². The lowest BCUT2D eigenvalue weighted by Gasteiger charge is -2.24. The Morgan fingerprint density at radius 1 is 1.19 bits per heavy atom. The first-order chi connectivity index (χ1) is 13.1. The average Bonchev–Trinajstić information content (AvgIpc) is 3.08. The van der Waals surface area contributed by atoms with E-state index in [1.165, 1.54) is 6.07 Å². The minimum Gasteiger partial charge on any atom is -0.385 e. The van der Waals surface area contributed by atoms with Gasteiger partial charge in [-0.2, -0.15) is 0 Å². The van der Waals surface area contributed by atoms with Crippen molar-refractivity contribution in [1.29, 1.82) is 0 Å². The minimum atomic E-state index is -0.228.